The van der Waals surface area contributed by atoms with Crippen molar-refractivity contribution in [3.8, 4) is 0 Å². The topological polar surface area (TPSA) is 25.4 Å². The third-order valence-electron chi connectivity index (χ3n) is 4.49. The highest BCUT2D eigenvalue weighted by Crippen LogP contribution is 2.16. The normalized spacial score (nSPS) is 17.8. The van der Waals surface area contributed by atoms with Gasteiger partial charge in [0.2, 0.25) is 0 Å². The van der Waals surface area contributed by atoms with Crippen LogP contribution in [0.5, 0.6) is 0 Å². The summed E-state index contributed by atoms with van der Waals surface area (Å²) in [6.07, 6.45) is 11.0. The summed E-state index contributed by atoms with van der Waals surface area (Å²) in [7, 11) is 0. The maximum atomic E-state index is 5.84. The summed E-state index contributed by atoms with van der Waals surface area (Å²) in [5.41, 5.74) is 3.84. The first-order valence-corrected chi connectivity index (χ1v) is 8.76. The Morgan fingerprint density at radius 1 is 1.25 bits per heavy atom. The summed E-state index contributed by atoms with van der Waals surface area (Å²) in [5, 5.41) is 0. The van der Waals surface area contributed by atoms with Gasteiger partial charge in [0.25, 0.3) is 0 Å². The molecule has 1 saturated heterocycles. The van der Waals surface area contributed by atoms with Crippen molar-refractivity contribution in [1.29, 1.82) is 0 Å². The molecule has 1 atom stereocenters. The Hall–Kier alpha value is -1.97. The predicted molar refractivity (Wildman–Crippen MR) is 98.7 cm³/mol. The highest BCUT2D eigenvalue weighted by molar-refractivity contribution is 5.48. The van der Waals surface area contributed by atoms with Crippen molar-refractivity contribution in [2.24, 2.45) is 0 Å². The van der Waals surface area contributed by atoms with Crippen LogP contribution >= 0.6 is 0 Å². The molecule has 0 aliphatic carbocycles. The second-order valence-electron chi connectivity index (χ2n) is 6.44. The third kappa shape index (κ3) is 5.02. The largest absolute Gasteiger partial charge is 0.377 e. The van der Waals surface area contributed by atoms with Crippen LogP contribution in [-0.4, -0.2) is 35.7 Å². The van der Waals surface area contributed by atoms with E-state index in [-0.39, 0.29) is 0 Å². The minimum absolute atomic E-state index is 0.372. The molecule has 1 aliphatic heterocycles. The predicted octanol–water partition coefficient (Wildman–Crippen LogP) is 4.08. The number of aromatic nitrogens is 1. The summed E-state index contributed by atoms with van der Waals surface area (Å²) in [4.78, 5) is 6.67. The Morgan fingerprint density at radius 2 is 2.12 bits per heavy atom. The number of pyridine rings is 1. The summed E-state index contributed by atoms with van der Waals surface area (Å²) < 4.78 is 5.84. The monoisotopic (exact) mass is 322 g/mol. The summed E-state index contributed by atoms with van der Waals surface area (Å²) >= 11 is 0. The molecule has 0 amide bonds. The lowest BCUT2D eigenvalue weighted by Gasteiger charge is -2.24. The molecule has 0 unspecified atom stereocenters. The van der Waals surface area contributed by atoms with Gasteiger partial charge in [-0.2, -0.15) is 0 Å². The average Bonchev–Trinajstić information content (AvgIpc) is 3.11. The highest BCUT2D eigenvalue weighted by atomic mass is 16.5. The van der Waals surface area contributed by atoms with E-state index in [9.17, 15) is 0 Å². The number of ether oxygens (including phenoxy) is 1. The Bertz CT molecular complexity index is 648. The van der Waals surface area contributed by atoms with Crippen LogP contribution in [0.3, 0.4) is 0 Å². The van der Waals surface area contributed by atoms with Crippen LogP contribution in [0.15, 0.2) is 54.9 Å². The Balaban J connectivity index is 1.64. The lowest BCUT2D eigenvalue weighted by molar-refractivity contribution is 0.0746. The first-order valence-electron chi connectivity index (χ1n) is 8.76. The fourth-order valence-electron chi connectivity index (χ4n) is 3.10. The molecule has 0 radical (unpaired) electrons. The van der Waals surface area contributed by atoms with Crippen molar-refractivity contribution in [1.82, 2.24) is 9.88 Å². The van der Waals surface area contributed by atoms with Gasteiger partial charge in [0, 0.05) is 38.6 Å². The fraction of sp³-hybridized carbons (Fsp3) is 0.381. The zero-order chi connectivity index (χ0) is 16.6. The van der Waals surface area contributed by atoms with Crippen molar-refractivity contribution in [3.05, 3.63) is 71.6 Å². The number of hydrogen-bond donors (Lipinski definition) is 0. The molecule has 126 valence electrons. The van der Waals surface area contributed by atoms with E-state index in [2.05, 4.69) is 59.3 Å². The molecular weight excluding hydrogens is 296 g/mol. The first-order chi connectivity index (χ1) is 11.8. The van der Waals surface area contributed by atoms with Crippen LogP contribution < -0.4 is 0 Å². The molecule has 0 spiro atoms. The number of nitrogens with zero attached hydrogens (tertiary/aromatic N) is 2. The molecule has 0 N–H and O–H groups in total. The van der Waals surface area contributed by atoms with E-state index < -0.39 is 0 Å². The Morgan fingerprint density at radius 3 is 2.88 bits per heavy atom. The SMILES string of the molecule is Cc1cnccc1CN(C/C=C/c1ccccc1)C[C@@H]1CCCO1. The molecule has 3 rings (SSSR count). The van der Waals surface area contributed by atoms with E-state index in [0.717, 1.165) is 26.2 Å². The zero-order valence-corrected chi connectivity index (χ0v) is 14.4. The van der Waals surface area contributed by atoms with Gasteiger partial charge in [-0.25, -0.2) is 0 Å². The van der Waals surface area contributed by atoms with Gasteiger partial charge in [-0.05, 0) is 42.5 Å². The van der Waals surface area contributed by atoms with Crippen LogP contribution in [0.4, 0.5) is 0 Å². The lowest BCUT2D eigenvalue weighted by Crippen LogP contribution is -2.32. The van der Waals surface area contributed by atoms with Gasteiger partial charge >= 0.3 is 0 Å². The third-order valence-corrected chi connectivity index (χ3v) is 4.49. The van der Waals surface area contributed by atoms with Crippen molar-refractivity contribution >= 4 is 6.08 Å². The molecule has 24 heavy (non-hydrogen) atoms. The molecule has 3 nitrogen and oxygen atoms in total. The average molecular weight is 322 g/mol. The minimum atomic E-state index is 0.372. The molecule has 1 aromatic heterocycles. The lowest BCUT2D eigenvalue weighted by atomic mass is 10.1. The van der Waals surface area contributed by atoms with E-state index >= 15 is 0 Å². The van der Waals surface area contributed by atoms with E-state index in [1.807, 2.05) is 18.5 Å². The standard InChI is InChI=1S/C21H26N2O/c1-18-15-22-12-11-20(18)16-23(17-21-10-6-14-24-21)13-5-9-19-7-3-2-4-8-19/h2-5,7-9,11-12,15,21H,6,10,13-14,16-17H2,1H3/b9-5+/t21-/m0/s1. The van der Waals surface area contributed by atoms with Crippen molar-refractivity contribution in [2.45, 2.75) is 32.4 Å². The second kappa shape index (κ2) is 8.76. The Kier molecular flexibility index (Phi) is 6.16. The van der Waals surface area contributed by atoms with Gasteiger partial charge in [-0.3, -0.25) is 9.88 Å². The molecular formula is C21H26N2O. The van der Waals surface area contributed by atoms with Crippen molar-refractivity contribution < 1.29 is 4.74 Å². The number of benzene rings is 1. The molecule has 2 heterocycles. The maximum absolute atomic E-state index is 5.84. The Labute approximate surface area is 145 Å². The van der Waals surface area contributed by atoms with Crippen LogP contribution in [0, 0.1) is 6.92 Å². The van der Waals surface area contributed by atoms with Crippen molar-refractivity contribution in [3.63, 3.8) is 0 Å². The molecule has 3 heteroatoms. The quantitative estimate of drug-likeness (QED) is 0.768. The molecule has 0 saturated carbocycles. The van der Waals surface area contributed by atoms with E-state index in [1.165, 1.54) is 29.5 Å². The van der Waals surface area contributed by atoms with Gasteiger partial charge in [-0.15, -0.1) is 0 Å². The van der Waals surface area contributed by atoms with Crippen LogP contribution in [0.2, 0.25) is 0 Å². The molecule has 1 fully saturated rings. The molecule has 0 bridgehead atoms. The van der Waals surface area contributed by atoms with E-state index in [0.29, 0.717) is 6.10 Å². The van der Waals surface area contributed by atoms with Gasteiger partial charge in [0.15, 0.2) is 0 Å². The molecule has 1 aliphatic rings. The summed E-state index contributed by atoms with van der Waals surface area (Å²) in [6, 6.07) is 12.6. The maximum Gasteiger partial charge on any atom is 0.0703 e. The van der Waals surface area contributed by atoms with E-state index in [4.69, 9.17) is 4.74 Å². The smallest absolute Gasteiger partial charge is 0.0703 e. The highest BCUT2D eigenvalue weighted by Gasteiger charge is 2.19. The van der Waals surface area contributed by atoms with Crippen LogP contribution in [0.1, 0.15) is 29.5 Å². The summed E-state index contributed by atoms with van der Waals surface area (Å²) in [5.74, 6) is 0. The first kappa shape index (κ1) is 16.9. The van der Waals surface area contributed by atoms with Gasteiger partial charge in [-0.1, -0.05) is 42.5 Å². The number of hydrogen-bond acceptors (Lipinski definition) is 3. The summed E-state index contributed by atoms with van der Waals surface area (Å²) in [6.45, 7) is 5.89. The van der Waals surface area contributed by atoms with Gasteiger partial charge < -0.3 is 4.74 Å². The van der Waals surface area contributed by atoms with Gasteiger partial charge in [0.05, 0.1) is 6.10 Å². The second-order valence-corrected chi connectivity index (χ2v) is 6.44. The molecule has 1 aromatic carbocycles. The fourth-order valence-corrected chi connectivity index (χ4v) is 3.10. The number of rotatable bonds is 7. The number of aryl methyl sites for hydroxylation is 1. The van der Waals surface area contributed by atoms with E-state index in [1.54, 1.807) is 0 Å². The van der Waals surface area contributed by atoms with Gasteiger partial charge in [0.1, 0.15) is 0 Å². The molecule has 2 aromatic rings. The van der Waals surface area contributed by atoms with Crippen LogP contribution in [0.25, 0.3) is 6.08 Å². The van der Waals surface area contributed by atoms with Crippen molar-refractivity contribution in [2.75, 3.05) is 19.7 Å². The van der Waals surface area contributed by atoms with Crippen LogP contribution in [-0.2, 0) is 11.3 Å². The zero-order valence-electron chi connectivity index (χ0n) is 14.4. The minimum Gasteiger partial charge on any atom is -0.377 e.